The van der Waals surface area contributed by atoms with Crippen LogP contribution in [0.5, 0.6) is 0 Å². The van der Waals surface area contributed by atoms with Gasteiger partial charge in [0.15, 0.2) is 0 Å². The predicted octanol–water partition coefficient (Wildman–Crippen LogP) is 4.45. The lowest BCUT2D eigenvalue weighted by molar-refractivity contribution is -0.384. The minimum absolute atomic E-state index is 0.0650. The molecule has 110 valence electrons. The number of nitro groups is 1. The fourth-order valence-electron chi connectivity index (χ4n) is 1.73. The van der Waals surface area contributed by atoms with E-state index in [4.69, 9.17) is 16.0 Å². The number of hydrogen-bond acceptors (Lipinski definition) is 6. The molecule has 3 aromatic rings. The molecule has 0 N–H and O–H groups in total. The molecule has 0 saturated heterocycles. The van der Waals surface area contributed by atoms with Gasteiger partial charge in [-0.1, -0.05) is 29.8 Å². The maximum Gasteiger partial charge on any atom is 0.281 e. The molecule has 1 aromatic heterocycles. The molecular formula is C14H8ClN3O3S. The molecule has 8 heteroatoms. The second-order valence-electron chi connectivity index (χ2n) is 4.21. The molecular weight excluding hydrogens is 326 g/mol. The van der Waals surface area contributed by atoms with E-state index in [-0.39, 0.29) is 10.7 Å². The van der Waals surface area contributed by atoms with Gasteiger partial charge in [-0.3, -0.25) is 10.1 Å². The molecule has 0 bridgehead atoms. The Hall–Kier alpha value is -2.38. The number of halogens is 1. The summed E-state index contributed by atoms with van der Waals surface area (Å²) >= 11 is 7.19. The van der Waals surface area contributed by atoms with E-state index in [0.717, 1.165) is 17.3 Å². The smallest absolute Gasteiger partial charge is 0.281 e. The lowest BCUT2D eigenvalue weighted by Gasteiger charge is -2.00. The van der Waals surface area contributed by atoms with Crippen LogP contribution in [0.3, 0.4) is 0 Å². The average molecular weight is 334 g/mol. The molecule has 0 aliphatic carbocycles. The van der Waals surface area contributed by atoms with Crippen LogP contribution in [0.15, 0.2) is 63.1 Å². The molecule has 0 amide bonds. The van der Waals surface area contributed by atoms with Crippen LogP contribution in [0.4, 0.5) is 5.69 Å². The highest BCUT2D eigenvalue weighted by atomic mass is 35.5. The molecule has 0 aliphatic rings. The molecule has 1 heterocycles. The van der Waals surface area contributed by atoms with Gasteiger partial charge < -0.3 is 4.42 Å². The number of non-ortho nitro benzene ring substituents is 1. The Morgan fingerprint density at radius 3 is 2.59 bits per heavy atom. The largest absolute Gasteiger partial charge is 0.411 e. The van der Waals surface area contributed by atoms with Crippen LogP contribution >= 0.6 is 23.4 Å². The summed E-state index contributed by atoms with van der Waals surface area (Å²) in [7, 11) is 0. The Bertz CT molecular complexity index is 823. The number of rotatable bonds is 4. The number of hydrogen-bond donors (Lipinski definition) is 0. The van der Waals surface area contributed by atoms with Gasteiger partial charge in [0.25, 0.3) is 10.9 Å². The maximum absolute atomic E-state index is 10.7. The van der Waals surface area contributed by atoms with Crippen molar-refractivity contribution in [2.24, 2.45) is 0 Å². The van der Waals surface area contributed by atoms with Crippen LogP contribution in [0, 0.1) is 10.1 Å². The van der Waals surface area contributed by atoms with Crippen LogP contribution in [0.2, 0.25) is 5.02 Å². The van der Waals surface area contributed by atoms with E-state index < -0.39 is 4.92 Å². The summed E-state index contributed by atoms with van der Waals surface area (Å²) in [6, 6.07) is 13.6. The maximum atomic E-state index is 10.7. The quantitative estimate of drug-likeness (QED) is 0.518. The number of benzene rings is 2. The fourth-order valence-corrected chi connectivity index (χ4v) is 2.70. The van der Waals surface area contributed by atoms with E-state index in [2.05, 4.69) is 10.2 Å². The summed E-state index contributed by atoms with van der Waals surface area (Å²) in [5.74, 6) is 0.404. The molecule has 0 spiro atoms. The zero-order chi connectivity index (χ0) is 15.5. The first-order valence-corrected chi connectivity index (χ1v) is 7.33. The molecule has 3 rings (SSSR count). The molecule has 0 radical (unpaired) electrons. The van der Waals surface area contributed by atoms with E-state index >= 15 is 0 Å². The first-order valence-electron chi connectivity index (χ1n) is 6.14. The highest BCUT2D eigenvalue weighted by Crippen LogP contribution is 2.35. The Kier molecular flexibility index (Phi) is 4.08. The van der Waals surface area contributed by atoms with Crippen LogP contribution in [-0.4, -0.2) is 15.1 Å². The van der Waals surface area contributed by atoms with E-state index in [1.54, 1.807) is 6.07 Å². The van der Waals surface area contributed by atoms with Crippen molar-refractivity contribution in [1.82, 2.24) is 10.2 Å². The second kappa shape index (κ2) is 6.17. The van der Waals surface area contributed by atoms with Crippen LogP contribution < -0.4 is 0 Å². The lowest BCUT2D eigenvalue weighted by atomic mass is 10.2. The van der Waals surface area contributed by atoms with Gasteiger partial charge >= 0.3 is 0 Å². The third-order valence-electron chi connectivity index (χ3n) is 2.75. The van der Waals surface area contributed by atoms with Crippen molar-refractivity contribution in [2.45, 2.75) is 10.1 Å². The summed E-state index contributed by atoms with van der Waals surface area (Å²) < 4.78 is 5.55. The molecule has 0 saturated carbocycles. The van der Waals surface area contributed by atoms with Gasteiger partial charge in [0.1, 0.15) is 0 Å². The molecule has 0 aliphatic heterocycles. The standard InChI is InChI=1S/C14H8ClN3O3S/c15-11-8-10(18(19)20)6-7-12(11)22-14-17-16-13(21-14)9-4-2-1-3-5-9/h1-8H. The first kappa shape index (κ1) is 14.6. The Morgan fingerprint density at radius 2 is 1.91 bits per heavy atom. The van der Waals surface area contributed by atoms with Gasteiger partial charge in [-0.25, -0.2) is 0 Å². The topological polar surface area (TPSA) is 82.1 Å². The van der Waals surface area contributed by atoms with Crippen molar-refractivity contribution in [3.63, 3.8) is 0 Å². The van der Waals surface area contributed by atoms with Gasteiger partial charge in [-0.15, -0.1) is 10.2 Å². The van der Waals surface area contributed by atoms with Gasteiger partial charge in [-0.2, -0.15) is 0 Å². The molecule has 22 heavy (non-hydrogen) atoms. The van der Waals surface area contributed by atoms with Crippen molar-refractivity contribution in [3.8, 4) is 11.5 Å². The average Bonchev–Trinajstić information content (AvgIpc) is 2.98. The van der Waals surface area contributed by atoms with E-state index in [9.17, 15) is 10.1 Å². The van der Waals surface area contributed by atoms with Crippen molar-refractivity contribution < 1.29 is 9.34 Å². The summed E-state index contributed by atoms with van der Waals surface area (Å²) in [6.45, 7) is 0. The van der Waals surface area contributed by atoms with Gasteiger partial charge in [-0.05, 0) is 30.0 Å². The van der Waals surface area contributed by atoms with Crippen LogP contribution in [0.1, 0.15) is 0 Å². The number of nitrogens with zero attached hydrogens (tertiary/aromatic N) is 3. The third-order valence-corrected chi connectivity index (χ3v) is 4.09. The summed E-state index contributed by atoms with van der Waals surface area (Å²) in [4.78, 5) is 10.8. The monoisotopic (exact) mass is 333 g/mol. The zero-order valence-corrected chi connectivity index (χ0v) is 12.5. The Morgan fingerprint density at radius 1 is 1.14 bits per heavy atom. The molecule has 6 nitrogen and oxygen atoms in total. The first-order chi connectivity index (χ1) is 10.6. The fraction of sp³-hybridized carbons (Fsp3) is 0. The van der Waals surface area contributed by atoms with Crippen molar-refractivity contribution in [2.75, 3.05) is 0 Å². The van der Waals surface area contributed by atoms with Gasteiger partial charge in [0.2, 0.25) is 5.89 Å². The highest BCUT2D eigenvalue weighted by Gasteiger charge is 2.14. The van der Waals surface area contributed by atoms with E-state index in [1.165, 1.54) is 12.1 Å². The lowest BCUT2D eigenvalue weighted by Crippen LogP contribution is -1.87. The minimum Gasteiger partial charge on any atom is -0.411 e. The number of aromatic nitrogens is 2. The molecule has 0 fully saturated rings. The van der Waals surface area contributed by atoms with Crippen molar-refractivity contribution in [1.29, 1.82) is 0 Å². The van der Waals surface area contributed by atoms with Crippen LogP contribution in [0.25, 0.3) is 11.5 Å². The van der Waals surface area contributed by atoms with Gasteiger partial charge in [0, 0.05) is 22.6 Å². The van der Waals surface area contributed by atoms with Crippen LogP contribution in [-0.2, 0) is 0 Å². The van der Waals surface area contributed by atoms with Crippen molar-refractivity contribution in [3.05, 3.63) is 63.7 Å². The van der Waals surface area contributed by atoms with Gasteiger partial charge in [0.05, 0.1) is 9.95 Å². The summed E-state index contributed by atoms with van der Waals surface area (Å²) in [5, 5.41) is 19.2. The highest BCUT2D eigenvalue weighted by molar-refractivity contribution is 7.99. The number of nitro benzene ring substituents is 1. The van der Waals surface area contributed by atoms with E-state index in [1.807, 2.05) is 30.3 Å². The molecule has 0 unspecified atom stereocenters. The predicted molar refractivity (Wildman–Crippen MR) is 82.0 cm³/mol. The minimum atomic E-state index is -0.499. The summed E-state index contributed by atoms with van der Waals surface area (Å²) in [5.41, 5.74) is 0.751. The second-order valence-corrected chi connectivity index (χ2v) is 5.61. The third kappa shape index (κ3) is 3.10. The van der Waals surface area contributed by atoms with E-state index in [0.29, 0.717) is 16.0 Å². The Balaban J connectivity index is 1.82. The normalized spacial score (nSPS) is 10.6. The van der Waals surface area contributed by atoms with Crippen molar-refractivity contribution >= 4 is 29.1 Å². The zero-order valence-electron chi connectivity index (χ0n) is 11.0. The molecule has 0 atom stereocenters. The SMILES string of the molecule is O=[N+]([O-])c1ccc(Sc2nnc(-c3ccccc3)o2)c(Cl)c1. The Labute approximate surface area is 134 Å². The summed E-state index contributed by atoms with van der Waals surface area (Å²) in [6.07, 6.45) is 0. The molecule has 2 aromatic carbocycles.